The minimum atomic E-state index is -3.23. The third-order valence-corrected chi connectivity index (χ3v) is 6.72. The summed E-state index contributed by atoms with van der Waals surface area (Å²) in [7, 11) is -3.23. The van der Waals surface area contributed by atoms with Gasteiger partial charge in [-0.25, -0.2) is 8.42 Å². The molecule has 24 heavy (non-hydrogen) atoms. The van der Waals surface area contributed by atoms with Gasteiger partial charge in [0, 0.05) is 19.1 Å². The van der Waals surface area contributed by atoms with Gasteiger partial charge in [-0.15, -0.1) is 5.10 Å². The molecule has 8 heteroatoms. The first kappa shape index (κ1) is 17.3. The van der Waals surface area contributed by atoms with E-state index in [0.29, 0.717) is 31.1 Å². The van der Waals surface area contributed by atoms with Crippen molar-refractivity contribution in [2.75, 3.05) is 18.8 Å². The lowest BCUT2D eigenvalue weighted by atomic mass is 10.1. The first-order valence-electron chi connectivity index (χ1n) is 8.52. The highest BCUT2D eigenvalue weighted by molar-refractivity contribution is 7.89. The van der Waals surface area contributed by atoms with Crippen molar-refractivity contribution in [3.8, 4) is 0 Å². The molecule has 7 nitrogen and oxygen atoms in total. The Morgan fingerprint density at radius 3 is 2.79 bits per heavy atom. The average molecular weight is 352 g/mol. The molecule has 1 aliphatic carbocycles. The quantitative estimate of drug-likeness (QED) is 0.829. The Morgan fingerprint density at radius 2 is 2.12 bits per heavy atom. The normalized spacial score (nSPS) is 24.9. The van der Waals surface area contributed by atoms with Crippen LogP contribution in [0.5, 0.6) is 0 Å². The fraction of sp³-hybridized carbons (Fsp3) is 0.688. The fourth-order valence-electron chi connectivity index (χ4n) is 3.10. The molecular weight excluding hydrogens is 328 g/mol. The molecule has 1 N–H and O–H groups in total. The van der Waals surface area contributed by atoms with Crippen molar-refractivity contribution in [3.05, 3.63) is 23.5 Å². The van der Waals surface area contributed by atoms with Gasteiger partial charge in [0.25, 0.3) is 5.91 Å². The lowest BCUT2D eigenvalue weighted by molar-refractivity contribution is 0.0926. The van der Waals surface area contributed by atoms with Crippen LogP contribution in [0.3, 0.4) is 0 Å². The molecule has 0 aromatic carbocycles. The van der Waals surface area contributed by atoms with Gasteiger partial charge in [-0.2, -0.15) is 9.40 Å². The van der Waals surface area contributed by atoms with E-state index in [0.717, 1.165) is 18.4 Å². The molecule has 2 aliphatic rings. The number of sulfonamides is 1. The van der Waals surface area contributed by atoms with Gasteiger partial charge in [-0.3, -0.25) is 4.79 Å². The number of rotatable bonds is 6. The predicted octanol–water partition coefficient (Wildman–Crippen LogP) is 1.14. The summed E-state index contributed by atoms with van der Waals surface area (Å²) in [6, 6.07) is 1.60. The molecule has 1 aromatic rings. The van der Waals surface area contributed by atoms with E-state index < -0.39 is 10.0 Å². The first-order chi connectivity index (χ1) is 11.4. The summed E-state index contributed by atoms with van der Waals surface area (Å²) >= 11 is 0. The van der Waals surface area contributed by atoms with Crippen molar-refractivity contribution in [3.63, 3.8) is 0 Å². The second-order valence-electron chi connectivity index (χ2n) is 6.84. The molecule has 1 amide bonds. The van der Waals surface area contributed by atoms with E-state index in [9.17, 15) is 13.2 Å². The third kappa shape index (κ3) is 3.75. The Kier molecular flexibility index (Phi) is 4.87. The van der Waals surface area contributed by atoms with Crippen LogP contribution in [0.15, 0.2) is 12.3 Å². The highest BCUT2D eigenvalue weighted by Crippen LogP contribution is 2.39. The molecule has 0 bridgehead atoms. The van der Waals surface area contributed by atoms with Gasteiger partial charge in [0.1, 0.15) is 0 Å². The van der Waals surface area contributed by atoms with E-state index >= 15 is 0 Å². The molecule has 1 aromatic heterocycles. The van der Waals surface area contributed by atoms with Crippen molar-refractivity contribution in [1.29, 1.82) is 0 Å². The number of hydrogen-bond donors (Lipinski definition) is 1. The zero-order valence-corrected chi connectivity index (χ0v) is 14.9. The van der Waals surface area contributed by atoms with Gasteiger partial charge < -0.3 is 5.32 Å². The van der Waals surface area contributed by atoms with E-state index in [1.54, 1.807) is 12.3 Å². The zero-order valence-electron chi connectivity index (χ0n) is 14.1. The molecule has 0 radical (unpaired) electrons. The average Bonchev–Trinajstić information content (AvgIpc) is 3.32. The minimum absolute atomic E-state index is 0.0696. The van der Waals surface area contributed by atoms with Crippen LogP contribution in [-0.4, -0.2) is 53.7 Å². The summed E-state index contributed by atoms with van der Waals surface area (Å²) in [5.74, 6) is 0.443. The lowest BCUT2D eigenvalue weighted by Crippen LogP contribution is -2.41. The summed E-state index contributed by atoms with van der Waals surface area (Å²) in [6.07, 6.45) is 4.58. The highest BCUT2D eigenvalue weighted by Gasteiger charge is 2.37. The lowest BCUT2D eigenvalue weighted by Gasteiger charge is -2.17. The molecule has 2 atom stereocenters. The van der Waals surface area contributed by atoms with E-state index in [4.69, 9.17) is 0 Å². The monoisotopic (exact) mass is 352 g/mol. The number of carbonyl (C=O) groups is 1. The van der Waals surface area contributed by atoms with Gasteiger partial charge >= 0.3 is 0 Å². The zero-order chi connectivity index (χ0) is 17.3. The fourth-order valence-corrected chi connectivity index (χ4v) is 4.72. The van der Waals surface area contributed by atoms with Gasteiger partial charge in [0.05, 0.1) is 11.9 Å². The second-order valence-corrected chi connectivity index (χ2v) is 8.93. The molecule has 0 spiro atoms. The minimum Gasteiger partial charge on any atom is -0.346 e. The van der Waals surface area contributed by atoms with Crippen LogP contribution < -0.4 is 5.32 Å². The molecular formula is C16H24N4O3S. The standard InChI is InChI=1S/C16H24N4O3S/c1-3-6-24(22,23)20-9-11(2)15(10-20)18-16(21)14-7-13(8-17-19-14)12-4-5-12/h7-8,11-12,15H,3-6,9-10H2,1-2H3,(H,18,21)/t11-,15+/m0/s1. The maximum Gasteiger partial charge on any atom is 0.272 e. The number of carbonyl (C=O) groups excluding carboxylic acids is 1. The van der Waals surface area contributed by atoms with Crippen molar-refractivity contribution >= 4 is 15.9 Å². The second kappa shape index (κ2) is 6.76. The molecule has 1 saturated heterocycles. The van der Waals surface area contributed by atoms with Crippen LogP contribution >= 0.6 is 0 Å². The number of nitrogens with one attached hydrogen (secondary N) is 1. The molecule has 2 fully saturated rings. The van der Waals surface area contributed by atoms with E-state index in [2.05, 4.69) is 15.5 Å². The van der Waals surface area contributed by atoms with Crippen LogP contribution in [0.2, 0.25) is 0 Å². The van der Waals surface area contributed by atoms with E-state index in [1.807, 2.05) is 13.8 Å². The molecule has 1 aliphatic heterocycles. The van der Waals surface area contributed by atoms with E-state index in [1.165, 1.54) is 4.31 Å². The molecule has 0 unspecified atom stereocenters. The van der Waals surface area contributed by atoms with Gasteiger partial charge in [0.15, 0.2) is 5.69 Å². The first-order valence-corrected chi connectivity index (χ1v) is 10.1. The van der Waals surface area contributed by atoms with Crippen LogP contribution in [0, 0.1) is 5.92 Å². The Hall–Kier alpha value is -1.54. The SMILES string of the molecule is CCCS(=O)(=O)N1C[C@H](C)[C@H](NC(=O)c2cc(C3CC3)cnn2)C1. The van der Waals surface area contributed by atoms with Crippen molar-refractivity contribution in [2.45, 2.75) is 45.1 Å². The molecule has 132 valence electrons. The molecule has 2 heterocycles. The summed E-state index contributed by atoms with van der Waals surface area (Å²) < 4.78 is 25.9. The van der Waals surface area contributed by atoms with Crippen LogP contribution in [0.4, 0.5) is 0 Å². The Bertz CT molecular complexity index is 718. The maximum absolute atomic E-state index is 12.4. The summed E-state index contributed by atoms with van der Waals surface area (Å²) in [5.41, 5.74) is 1.36. The summed E-state index contributed by atoms with van der Waals surface area (Å²) in [5, 5.41) is 10.8. The molecule has 1 saturated carbocycles. The topological polar surface area (TPSA) is 92.3 Å². The van der Waals surface area contributed by atoms with Gasteiger partial charge in [-0.05, 0) is 42.7 Å². The highest BCUT2D eigenvalue weighted by atomic mass is 32.2. The van der Waals surface area contributed by atoms with Crippen LogP contribution in [0.25, 0.3) is 0 Å². The Labute approximate surface area is 142 Å². The number of nitrogens with zero attached hydrogens (tertiary/aromatic N) is 3. The maximum atomic E-state index is 12.4. The Balaban J connectivity index is 1.65. The number of aromatic nitrogens is 2. The van der Waals surface area contributed by atoms with Gasteiger partial charge in [-0.1, -0.05) is 13.8 Å². The summed E-state index contributed by atoms with van der Waals surface area (Å²) in [6.45, 7) is 4.58. The molecule has 3 rings (SSSR count). The van der Waals surface area contributed by atoms with Crippen molar-refractivity contribution < 1.29 is 13.2 Å². The third-order valence-electron chi connectivity index (χ3n) is 4.71. The van der Waals surface area contributed by atoms with Crippen molar-refractivity contribution in [1.82, 2.24) is 19.8 Å². The van der Waals surface area contributed by atoms with Crippen LogP contribution in [0.1, 0.15) is 55.1 Å². The smallest absolute Gasteiger partial charge is 0.272 e. The van der Waals surface area contributed by atoms with Gasteiger partial charge in [0.2, 0.25) is 10.0 Å². The number of amides is 1. The Morgan fingerprint density at radius 1 is 1.38 bits per heavy atom. The number of hydrogen-bond acceptors (Lipinski definition) is 5. The van der Waals surface area contributed by atoms with Crippen LogP contribution in [-0.2, 0) is 10.0 Å². The predicted molar refractivity (Wildman–Crippen MR) is 90.1 cm³/mol. The van der Waals surface area contributed by atoms with Crippen molar-refractivity contribution in [2.24, 2.45) is 5.92 Å². The largest absolute Gasteiger partial charge is 0.346 e. The summed E-state index contributed by atoms with van der Waals surface area (Å²) in [4.78, 5) is 12.4. The van der Waals surface area contributed by atoms with E-state index in [-0.39, 0.29) is 23.6 Å².